The first-order chi connectivity index (χ1) is 15.6. The summed E-state index contributed by atoms with van der Waals surface area (Å²) in [6, 6.07) is 18.5. The number of nitrogens with two attached hydrogens (primary N) is 1. The number of carbonyl (C=O) groups is 2. The van der Waals surface area contributed by atoms with Crippen molar-refractivity contribution in [1.82, 2.24) is 15.1 Å². The summed E-state index contributed by atoms with van der Waals surface area (Å²) >= 11 is 4.25. The number of fused-ring (bicyclic) bond motifs is 1. The zero-order valence-corrected chi connectivity index (χ0v) is 19.1. The highest BCUT2D eigenvalue weighted by Crippen LogP contribution is 2.45. The largest absolute Gasteiger partial charge is 0.448 e. The Hall–Kier alpha value is -2.66. The van der Waals surface area contributed by atoms with Gasteiger partial charge in [-0.15, -0.1) is 22.0 Å². The molecule has 0 radical (unpaired) electrons. The molecule has 2 aromatic carbocycles. The van der Waals surface area contributed by atoms with Gasteiger partial charge in [0.1, 0.15) is 22.6 Å². The van der Waals surface area contributed by atoms with Gasteiger partial charge in [0.15, 0.2) is 10.4 Å². The maximum Gasteiger partial charge on any atom is 0.356 e. The minimum atomic E-state index is -0.616. The molecule has 2 N–H and O–H groups in total. The molecule has 1 fully saturated rings. The van der Waals surface area contributed by atoms with Gasteiger partial charge >= 0.3 is 5.97 Å². The minimum Gasteiger partial charge on any atom is -0.448 e. The van der Waals surface area contributed by atoms with Gasteiger partial charge in [-0.3, -0.25) is 9.69 Å². The highest BCUT2D eigenvalue weighted by molar-refractivity contribution is 8.07. The van der Waals surface area contributed by atoms with Gasteiger partial charge in [0.25, 0.3) is 0 Å². The Kier molecular flexibility index (Phi) is 6.01. The molecule has 0 aliphatic carbocycles. The lowest BCUT2D eigenvalue weighted by atomic mass is 10.0. The topological polar surface area (TPSA) is 98.4 Å². The third kappa shape index (κ3) is 3.95. The monoisotopic (exact) mass is 482 g/mol. The van der Waals surface area contributed by atoms with Crippen molar-refractivity contribution >= 4 is 46.7 Å². The molecule has 0 bridgehead atoms. The average molecular weight is 483 g/mol. The third-order valence-corrected chi connectivity index (χ3v) is 8.49. The Morgan fingerprint density at radius 3 is 2.38 bits per heavy atom. The van der Waals surface area contributed by atoms with Crippen LogP contribution >= 0.6 is 34.9 Å². The van der Waals surface area contributed by atoms with E-state index in [0.29, 0.717) is 15.0 Å². The zero-order valence-electron chi connectivity index (χ0n) is 16.7. The maximum atomic E-state index is 13.6. The SMILES string of the molecule is N[C@@H]1C(=O)N2C(C(=O)OC(c3ccccc3)c3ccccc3)=C(Sc3nncs3)CS[C@@H]12. The first-order valence-electron chi connectivity index (χ1n) is 9.82. The molecule has 0 saturated carbocycles. The number of thioether (sulfide) groups is 2. The molecular weight excluding hydrogens is 464 g/mol. The number of amides is 1. The molecule has 162 valence electrons. The second kappa shape index (κ2) is 9.07. The zero-order chi connectivity index (χ0) is 22.1. The maximum absolute atomic E-state index is 13.6. The molecule has 1 amide bonds. The van der Waals surface area contributed by atoms with Crippen LogP contribution in [0.2, 0.25) is 0 Å². The van der Waals surface area contributed by atoms with E-state index in [1.807, 2.05) is 60.7 Å². The first-order valence-corrected chi connectivity index (χ1v) is 12.6. The number of hydrogen-bond donors (Lipinski definition) is 1. The fraction of sp³-hybridized carbons (Fsp3) is 0.182. The van der Waals surface area contributed by atoms with Crippen LogP contribution in [0.3, 0.4) is 0 Å². The van der Waals surface area contributed by atoms with Crippen molar-refractivity contribution in [3.05, 3.63) is 87.9 Å². The molecule has 1 aromatic heterocycles. The summed E-state index contributed by atoms with van der Waals surface area (Å²) in [4.78, 5) is 28.3. The number of rotatable bonds is 6. The van der Waals surface area contributed by atoms with E-state index >= 15 is 0 Å². The van der Waals surface area contributed by atoms with E-state index in [2.05, 4.69) is 10.2 Å². The smallest absolute Gasteiger partial charge is 0.356 e. The van der Waals surface area contributed by atoms with Crippen molar-refractivity contribution in [3.8, 4) is 0 Å². The summed E-state index contributed by atoms with van der Waals surface area (Å²) in [7, 11) is 0. The first kappa shape index (κ1) is 21.2. The number of hydrogen-bond acceptors (Lipinski definition) is 9. The second-order valence-electron chi connectivity index (χ2n) is 7.12. The van der Waals surface area contributed by atoms with Crippen LogP contribution in [0.15, 0.2) is 81.1 Å². The van der Waals surface area contributed by atoms with Crippen molar-refractivity contribution in [1.29, 1.82) is 0 Å². The Balaban J connectivity index is 1.51. The average Bonchev–Trinajstić information content (AvgIpc) is 3.36. The molecule has 3 heterocycles. The number of ether oxygens (including phenoxy) is 1. The van der Waals surface area contributed by atoms with Gasteiger partial charge < -0.3 is 10.5 Å². The lowest BCUT2D eigenvalue weighted by molar-refractivity contribution is -0.152. The van der Waals surface area contributed by atoms with Crippen LogP contribution in [-0.2, 0) is 14.3 Å². The van der Waals surface area contributed by atoms with Crippen LogP contribution in [0.25, 0.3) is 0 Å². The summed E-state index contributed by atoms with van der Waals surface area (Å²) < 4.78 is 6.76. The summed E-state index contributed by atoms with van der Waals surface area (Å²) in [6.07, 6.45) is -0.608. The lowest BCUT2D eigenvalue weighted by Crippen LogP contribution is -2.68. The molecule has 1 saturated heterocycles. The Bertz CT molecular complexity index is 1120. The van der Waals surface area contributed by atoms with Crippen LogP contribution in [-0.4, -0.2) is 44.1 Å². The summed E-state index contributed by atoms with van der Waals surface area (Å²) in [5.74, 6) is -0.293. The van der Waals surface area contributed by atoms with Gasteiger partial charge in [-0.2, -0.15) is 0 Å². The van der Waals surface area contributed by atoms with Crippen molar-refractivity contribution in [2.45, 2.75) is 21.9 Å². The van der Waals surface area contributed by atoms with Crippen LogP contribution < -0.4 is 5.73 Å². The Morgan fingerprint density at radius 2 is 1.78 bits per heavy atom. The molecule has 10 heteroatoms. The standard InChI is InChI=1S/C22H18N4O3S3/c23-16-19(27)26-17(15(11-30-20(16)26)32-22-25-24-12-31-22)21(28)29-18(13-7-3-1-4-8-13)14-9-5-2-6-10-14/h1-10,12,16,18,20H,11,23H2/t16-,20+/m1/s1. The fourth-order valence-corrected chi connectivity index (χ4v) is 6.68. The van der Waals surface area contributed by atoms with Crippen molar-refractivity contribution in [2.24, 2.45) is 5.73 Å². The van der Waals surface area contributed by atoms with Crippen molar-refractivity contribution in [3.63, 3.8) is 0 Å². The van der Waals surface area contributed by atoms with E-state index in [1.165, 1.54) is 39.8 Å². The number of carbonyl (C=O) groups excluding carboxylic acids is 2. The van der Waals surface area contributed by atoms with Crippen LogP contribution in [0, 0.1) is 0 Å². The summed E-state index contributed by atoms with van der Waals surface area (Å²) in [5, 5.41) is 7.66. The number of benzene rings is 2. The van der Waals surface area contributed by atoms with E-state index in [4.69, 9.17) is 10.5 Å². The van der Waals surface area contributed by atoms with Crippen LogP contribution in [0.1, 0.15) is 17.2 Å². The molecule has 3 aromatic rings. The lowest BCUT2D eigenvalue weighted by Gasteiger charge is -2.48. The van der Waals surface area contributed by atoms with Gasteiger partial charge in [0.05, 0.1) is 0 Å². The van der Waals surface area contributed by atoms with Crippen molar-refractivity contribution in [2.75, 3.05) is 5.75 Å². The van der Waals surface area contributed by atoms with E-state index in [9.17, 15) is 9.59 Å². The van der Waals surface area contributed by atoms with E-state index < -0.39 is 18.1 Å². The number of esters is 1. The third-order valence-electron chi connectivity index (χ3n) is 5.15. The fourth-order valence-electron chi connectivity index (χ4n) is 3.62. The number of nitrogens with zero attached hydrogens (tertiary/aromatic N) is 3. The molecule has 0 unspecified atom stereocenters. The molecule has 2 aliphatic heterocycles. The quantitative estimate of drug-likeness (QED) is 0.422. The minimum absolute atomic E-state index is 0.248. The van der Waals surface area contributed by atoms with Gasteiger partial charge in [-0.05, 0) is 11.1 Å². The molecular formula is C22H18N4O3S3. The summed E-state index contributed by atoms with van der Waals surface area (Å²) in [5.41, 5.74) is 9.56. The normalized spacial score (nSPS) is 20.2. The number of aromatic nitrogens is 2. The molecule has 2 aliphatic rings. The Morgan fingerprint density at radius 1 is 1.12 bits per heavy atom. The van der Waals surface area contributed by atoms with Gasteiger partial charge in [-0.25, -0.2) is 4.79 Å². The predicted octanol–water partition coefficient (Wildman–Crippen LogP) is 3.42. The molecule has 5 rings (SSSR count). The molecule has 2 atom stereocenters. The van der Waals surface area contributed by atoms with Gasteiger partial charge in [-0.1, -0.05) is 83.8 Å². The second-order valence-corrected chi connectivity index (χ2v) is 10.4. The van der Waals surface area contributed by atoms with E-state index in [0.717, 1.165) is 11.1 Å². The molecule has 32 heavy (non-hydrogen) atoms. The predicted molar refractivity (Wildman–Crippen MR) is 125 cm³/mol. The summed E-state index contributed by atoms with van der Waals surface area (Å²) in [6.45, 7) is 0. The van der Waals surface area contributed by atoms with E-state index in [-0.39, 0.29) is 17.0 Å². The van der Waals surface area contributed by atoms with Gasteiger partial charge in [0.2, 0.25) is 5.91 Å². The molecule has 7 nitrogen and oxygen atoms in total. The van der Waals surface area contributed by atoms with Crippen LogP contribution in [0.4, 0.5) is 0 Å². The van der Waals surface area contributed by atoms with Gasteiger partial charge in [0, 0.05) is 10.7 Å². The Labute approximate surface area is 197 Å². The number of β-lactam (4-membered cyclic amide) rings is 1. The van der Waals surface area contributed by atoms with Crippen molar-refractivity contribution < 1.29 is 14.3 Å². The van der Waals surface area contributed by atoms with Crippen LogP contribution in [0.5, 0.6) is 0 Å². The van der Waals surface area contributed by atoms with E-state index in [1.54, 1.807) is 5.51 Å². The molecule has 0 spiro atoms. The highest BCUT2D eigenvalue weighted by atomic mass is 32.2. The highest BCUT2D eigenvalue weighted by Gasteiger charge is 2.52.